The fraction of sp³-hybridized carbons (Fsp3) is 0.923. The molecule has 3 aliphatic heterocycles. The summed E-state index contributed by atoms with van der Waals surface area (Å²) in [6, 6.07) is 1.19. The van der Waals surface area contributed by atoms with Gasteiger partial charge in [0, 0.05) is 31.8 Å². The zero-order chi connectivity index (χ0) is 11.7. The third-order valence-corrected chi connectivity index (χ3v) is 4.34. The van der Waals surface area contributed by atoms with Crippen LogP contribution in [0.3, 0.4) is 0 Å². The van der Waals surface area contributed by atoms with Crippen LogP contribution in [0.1, 0.15) is 32.1 Å². The second kappa shape index (κ2) is 6.22. The van der Waals surface area contributed by atoms with Crippen LogP contribution in [0.25, 0.3) is 0 Å². The molecule has 3 fully saturated rings. The van der Waals surface area contributed by atoms with Crippen LogP contribution >= 0.6 is 12.4 Å². The highest BCUT2D eigenvalue weighted by Gasteiger charge is 2.33. The Kier molecular flexibility index (Phi) is 4.87. The smallest absolute Gasteiger partial charge is 0.228 e. The number of carbonyl (C=O) groups is 1. The molecule has 0 aromatic rings. The number of amides is 1. The SMILES string of the molecule is Cl.O=C(C1CCCOC1)N1CCC2CCC(C1)N2. The molecule has 3 unspecified atom stereocenters. The molecule has 0 spiro atoms. The lowest BCUT2D eigenvalue weighted by molar-refractivity contribution is -0.139. The molecular weight excluding hydrogens is 252 g/mol. The number of hydrogen-bond acceptors (Lipinski definition) is 3. The van der Waals surface area contributed by atoms with Gasteiger partial charge in [0.2, 0.25) is 5.91 Å². The summed E-state index contributed by atoms with van der Waals surface area (Å²) in [7, 11) is 0. The minimum Gasteiger partial charge on any atom is -0.381 e. The van der Waals surface area contributed by atoms with Crippen LogP contribution < -0.4 is 5.32 Å². The number of nitrogens with zero attached hydrogens (tertiary/aromatic N) is 1. The van der Waals surface area contributed by atoms with Gasteiger partial charge in [0.15, 0.2) is 0 Å². The minimum atomic E-state index is 0. The summed E-state index contributed by atoms with van der Waals surface area (Å²) < 4.78 is 5.42. The fourth-order valence-corrected chi connectivity index (χ4v) is 3.34. The largest absolute Gasteiger partial charge is 0.381 e. The van der Waals surface area contributed by atoms with Crippen molar-refractivity contribution >= 4 is 18.3 Å². The molecule has 3 heterocycles. The van der Waals surface area contributed by atoms with Crippen molar-refractivity contribution in [1.82, 2.24) is 10.2 Å². The van der Waals surface area contributed by atoms with Gasteiger partial charge in [-0.2, -0.15) is 0 Å². The van der Waals surface area contributed by atoms with Crippen molar-refractivity contribution in [2.24, 2.45) is 5.92 Å². The molecule has 5 heteroatoms. The maximum atomic E-state index is 12.4. The summed E-state index contributed by atoms with van der Waals surface area (Å²) in [5.74, 6) is 0.458. The molecule has 2 bridgehead atoms. The average Bonchev–Trinajstić information content (AvgIpc) is 2.69. The third kappa shape index (κ3) is 2.98. The Morgan fingerprint density at radius 1 is 1.17 bits per heavy atom. The van der Waals surface area contributed by atoms with Crippen molar-refractivity contribution in [3.63, 3.8) is 0 Å². The Hall–Kier alpha value is -0.320. The van der Waals surface area contributed by atoms with E-state index in [-0.39, 0.29) is 18.3 Å². The highest BCUT2D eigenvalue weighted by atomic mass is 35.5. The van der Waals surface area contributed by atoms with E-state index < -0.39 is 0 Å². The summed E-state index contributed by atoms with van der Waals surface area (Å²) in [6.45, 7) is 3.31. The molecule has 0 aromatic carbocycles. The molecule has 3 saturated heterocycles. The topological polar surface area (TPSA) is 41.6 Å². The summed E-state index contributed by atoms with van der Waals surface area (Å²) >= 11 is 0. The monoisotopic (exact) mass is 274 g/mol. The molecule has 1 amide bonds. The number of nitrogens with one attached hydrogen (secondary N) is 1. The molecule has 0 radical (unpaired) electrons. The van der Waals surface area contributed by atoms with Crippen LogP contribution in [-0.4, -0.2) is 49.2 Å². The van der Waals surface area contributed by atoms with Crippen molar-refractivity contribution < 1.29 is 9.53 Å². The van der Waals surface area contributed by atoms with E-state index in [0.29, 0.717) is 24.6 Å². The summed E-state index contributed by atoms with van der Waals surface area (Å²) in [4.78, 5) is 14.5. The Morgan fingerprint density at radius 2 is 2.00 bits per heavy atom. The Morgan fingerprint density at radius 3 is 2.78 bits per heavy atom. The van der Waals surface area contributed by atoms with Gasteiger partial charge in [0.25, 0.3) is 0 Å². The van der Waals surface area contributed by atoms with Crippen LogP contribution in [0.15, 0.2) is 0 Å². The van der Waals surface area contributed by atoms with Crippen LogP contribution in [0.4, 0.5) is 0 Å². The standard InChI is InChI=1S/C13H22N2O2.ClH/c16-13(10-2-1-7-17-9-10)15-6-5-11-3-4-12(8-15)14-11;/h10-12,14H,1-9H2;1H. The molecule has 18 heavy (non-hydrogen) atoms. The van der Waals surface area contributed by atoms with Crippen molar-refractivity contribution in [2.75, 3.05) is 26.3 Å². The maximum Gasteiger partial charge on any atom is 0.228 e. The van der Waals surface area contributed by atoms with Crippen LogP contribution in [0.5, 0.6) is 0 Å². The Bertz CT molecular complexity index is 295. The van der Waals surface area contributed by atoms with E-state index in [1.165, 1.54) is 12.8 Å². The highest BCUT2D eigenvalue weighted by Crippen LogP contribution is 2.23. The number of rotatable bonds is 1. The lowest BCUT2D eigenvalue weighted by atomic mass is 9.99. The summed E-state index contributed by atoms with van der Waals surface area (Å²) in [5.41, 5.74) is 0. The predicted octanol–water partition coefficient (Wildman–Crippen LogP) is 1.19. The van der Waals surface area contributed by atoms with Crippen molar-refractivity contribution in [2.45, 2.75) is 44.2 Å². The van der Waals surface area contributed by atoms with Crippen LogP contribution in [0.2, 0.25) is 0 Å². The van der Waals surface area contributed by atoms with Gasteiger partial charge in [-0.1, -0.05) is 0 Å². The van der Waals surface area contributed by atoms with Crippen molar-refractivity contribution in [3.05, 3.63) is 0 Å². The zero-order valence-electron chi connectivity index (χ0n) is 10.8. The molecule has 0 aromatic heterocycles. The minimum absolute atomic E-state index is 0. The molecular formula is C13H23ClN2O2. The van der Waals surface area contributed by atoms with E-state index in [1.54, 1.807) is 0 Å². The van der Waals surface area contributed by atoms with Gasteiger partial charge < -0.3 is 15.0 Å². The number of hydrogen-bond donors (Lipinski definition) is 1. The van der Waals surface area contributed by atoms with E-state index in [4.69, 9.17) is 4.74 Å². The van der Waals surface area contributed by atoms with Crippen molar-refractivity contribution in [3.8, 4) is 0 Å². The summed E-state index contributed by atoms with van der Waals surface area (Å²) in [6.07, 6.45) is 5.69. The van der Waals surface area contributed by atoms with Crippen LogP contribution in [0, 0.1) is 5.92 Å². The van der Waals surface area contributed by atoms with Gasteiger partial charge in [-0.05, 0) is 32.1 Å². The molecule has 3 atom stereocenters. The number of ether oxygens (including phenoxy) is 1. The molecule has 1 N–H and O–H groups in total. The number of fused-ring (bicyclic) bond motifs is 2. The van der Waals surface area contributed by atoms with Gasteiger partial charge in [0.1, 0.15) is 0 Å². The normalized spacial score (nSPS) is 35.8. The van der Waals surface area contributed by atoms with E-state index in [2.05, 4.69) is 10.2 Å². The van der Waals surface area contributed by atoms with Gasteiger partial charge in [-0.3, -0.25) is 4.79 Å². The molecule has 0 aliphatic carbocycles. The highest BCUT2D eigenvalue weighted by molar-refractivity contribution is 5.85. The van der Waals surface area contributed by atoms with E-state index >= 15 is 0 Å². The molecule has 104 valence electrons. The Labute approximate surface area is 115 Å². The molecule has 3 aliphatic rings. The van der Waals surface area contributed by atoms with Gasteiger partial charge in [0.05, 0.1) is 12.5 Å². The van der Waals surface area contributed by atoms with Crippen LogP contribution in [-0.2, 0) is 9.53 Å². The maximum absolute atomic E-state index is 12.4. The summed E-state index contributed by atoms with van der Waals surface area (Å²) in [5, 5.41) is 3.62. The third-order valence-electron chi connectivity index (χ3n) is 4.34. The van der Waals surface area contributed by atoms with E-state index in [0.717, 1.165) is 39.0 Å². The molecule has 0 saturated carbocycles. The first-order valence-corrected chi connectivity index (χ1v) is 6.95. The number of halogens is 1. The lowest BCUT2D eigenvalue weighted by Crippen LogP contribution is -2.43. The van der Waals surface area contributed by atoms with Crippen molar-refractivity contribution in [1.29, 1.82) is 0 Å². The first-order valence-electron chi connectivity index (χ1n) is 6.95. The van der Waals surface area contributed by atoms with Gasteiger partial charge in [-0.25, -0.2) is 0 Å². The zero-order valence-corrected chi connectivity index (χ0v) is 11.6. The second-order valence-corrected chi connectivity index (χ2v) is 5.62. The average molecular weight is 275 g/mol. The van der Waals surface area contributed by atoms with E-state index in [9.17, 15) is 4.79 Å². The second-order valence-electron chi connectivity index (χ2n) is 5.62. The predicted molar refractivity (Wildman–Crippen MR) is 71.9 cm³/mol. The molecule has 3 rings (SSSR count). The first kappa shape index (κ1) is 14.1. The fourth-order valence-electron chi connectivity index (χ4n) is 3.34. The lowest BCUT2D eigenvalue weighted by Gasteiger charge is -2.30. The van der Waals surface area contributed by atoms with Gasteiger partial charge >= 0.3 is 0 Å². The van der Waals surface area contributed by atoms with Gasteiger partial charge in [-0.15, -0.1) is 12.4 Å². The number of carbonyl (C=O) groups excluding carboxylic acids is 1. The Balaban J connectivity index is 0.00000120. The van der Waals surface area contributed by atoms with E-state index in [1.807, 2.05) is 0 Å². The first-order chi connectivity index (χ1) is 8.33. The molecule has 4 nitrogen and oxygen atoms in total. The quantitative estimate of drug-likeness (QED) is 0.781. The number of likely N-dealkylation sites (tertiary alicyclic amines) is 1.